The fourth-order valence-corrected chi connectivity index (χ4v) is 1.95. The summed E-state index contributed by atoms with van der Waals surface area (Å²) < 4.78 is 39.3. The molecule has 0 aromatic heterocycles. The number of hydrogen-bond donors (Lipinski definition) is 1. The predicted molar refractivity (Wildman–Crippen MR) is 65.8 cm³/mol. The number of ether oxygens (including phenoxy) is 1. The maximum absolute atomic E-state index is 12.9. The van der Waals surface area contributed by atoms with Crippen LogP contribution in [-0.4, -0.2) is 25.7 Å². The summed E-state index contributed by atoms with van der Waals surface area (Å²) in [5, 5.41) is 15.5. The number of halogens is 1. The van der Waals surface area contributed by atoms with Crippen LogP contribution >= 0.6 is 0 Å². The third kappa shape index (κ3) is 5.62. The molecule has 0 heterocycles. The molecule has 1 aromatic carbocycles. The molecule has 0 fully saturated rings. The van der Waals surface area contributed by atoms with Gasteiger partial charge in [0.1, 0.15) is 5.82 Å². The minimum absolute atomic E-state index is 0.0415. The summed E-state index contributed by atoms with van der Waals surface area (Å²) in [6.07, 6.45) is 0.603. The molecule has 1 aromatic rings. The number of primary sulfonamides is 1. The Hall–Kier alpha value is -1.74. The quantitative estimate of drug-likeness (QED) is 0.460. The predicted octanol–water partition coefficient (Wildman–Crippen LogP) is 1.18. The second-order valence-electron chi connectivity index (χ2n) is 3.79. The van der Waals surface area contributed by atoms with Crippen LogP contribution in [0.2, 0.25) is 0 Å². The van der Waals surface area contributed by atoms with E-state index in [9.17, 15) is 22.9 Å². The normalized spacial score (nSPS) is 11.3. The van der Waals surface area contributed by atoms with Crippen LogP contribution in [0.15, 0.2) is 18.2 Å². The molecule has 0 aliphatic rings. The molecule has 106 valence electrons. The molecule has 0 saturated carbocycles. The molecule has 0 radical (unpaired) electrons. The molecule has 0 aliphatic heterocycles. The third-order valence-electron chi connectivity index (χ3n) is 2.20. The Morgan fingerprint density at radius 1 is 1.37 bits per heavy atom. The molecule has 0 bridgehead atoms. The Kier molecular flexibility index (Phi) is 5.19. The second-order valence-corrected chi connectivity index (χ2v) is 5.53. The number of nitrogens with zero attached hydrogens (tertiary/aromatic N) is 1. The van der Waals surface area contributed by atoms with Gasteiger partial charge in [-0.25, -0.2) is 17.9 Å². The Morgan fingerprint density at radius 2 is 2.05 bits per heavy atom. The first-order valence-electron chi connectivity index (χ1n) is 5.37. The number of benzene rings is 1. The third-order valence-corrected chi connectivity index (χ3v) is 3.06. The molecule has 0 spiro atoms. The summed E-state index contributed by atoms with van der Waals surface area (Å²) in [5.74, 6) is -1.02. The highest BCUT2D eigenvalue weighted by Crippen LogP contribution is 2.27. The highest BCUT2D eigenvalue weighted by atomic mass is 32.2. The Balaban J connectivity index is 2.53. The highest BCUT2D eigenvalue weighted by molar-refractivity contribution is 7.89. The smallest absolute Gasteiger partial charge is 0.311 e. The minimum Gasteiger partial charge on any atom is -0.487 e. The number of nitrogens with two attached hydrogens (primary N) is 1. The van der Waals surface area contributed by atoms with Gasteiger partial charge >= 0.3 is 5.69 Å². The Morgan fingerprint density at radius 3 is 2.63 bits per heavy atom. The number of sulfonamides is 1. The topological polar surface area (TPSA) is 113 Å². The van der Waals surface area contributed by atoms with E-state index in [1.165, 1.54) is 0 Å². The van der Waals surface area contributed by atoms with Crippen LogP contribution in [-0.2, 0) is 10.0 Å². The first-order chi connectivity index (χ1) is 8.79. The van der Waals surface area contributed by atoms with Crippen molar-refractivity contribution in [3.8, 4) is 5.75 Å². The van der Waals surface area contributed by atoms with Crippen molar-refractivity contribution in [2.75, 3.05) is 12.4 Å². The molecule has 9 heteroatoms. The van der Waals surface area contributed by atoms with E-state index in [0.29, 0.717) is 6.42 Å². The van der Waals surface area contributed by atoms with Gasteiger partial charge in [-0.05, 0) is 18.9 Å². The van der Waals surface area contributed by atoms with Gasteiger partial charge in [-0.15, -0.1) is 0 Å². The van der Waals surface area contributed by atoms with E-state index in [1.54, 1.807) is 0 Å². The van der Waals surface area contributed by atoms with E-state index >= 15 is 0 Å². The monoisotopic (exact) mass is 292 g/mol. The van der Waals surface area contributed by atoms with Gasteiger partial charge in [-0.1, -0.05) is 0 Å². The summed E-state index contributed by atoms with van der Waals surface area (Å²) in [5.41, 5.74) is -0.340. The minimum atomic E-state index is -3.52. The van der Waals surface area contributed by atoms with Crippen molar-refractivity contribution in [1.29, 1.82) is 0 Å². The van der Waals surface area contributed by atoms with E-state index in [0.717, 1.165) is 18.2 Å². The number of unbranched alkanes of at least 4 members (excludes halogenated alkanes) is 1. The van der Waals surface area contributed by atoms with Crippen LogP contribution < -0.4 is 9.88 Å². The average molecular weight is 292 g/mol. The molecule has 0 atom stereocenters. The number of rotatable bonds is 7. The molecule has 19 heavy (non-hydrogen) atoms. The van der Waals surface area contributed by atoms with Gasteiger partial charge in [0, 0.05) is 12.1 Å². The van der Waals surface area contributed by atoms with Gasteiger partial charge in [0.25, 0.3) is 0 Å². The van der Waals surface area contributed by atoms with Crippen LogP contribution in [0.4, 0.5) is 10.1 Å². The number of nitro groups is 1. The molecule has 0 amide bonds. The van der Waals surface area contributed by atoms with E-state index in [-0.39, 0.29) is 30.2 Å². The van der Waals surface area contributed by atoms with Gasteiger partial charge in [0.2, 0.25) is 10.0 Å². The lowest BCUT2D eigenvalue weighted by atomic mass is 10.3. The molecule has 1 rings (SSSR count). The van der Waals surface area contributed by atoms with Crippen molar-refractivity contribution in [1.82, 2.24) is 0 Å². The van der Waals surface area contributed by atoms with Gasteiger partial charge < -0.3 is 4.74 Å². The van der Waals surface area contributed by atoms with Crippen molar-refractivity contribution in [3.05, 3.63) is 34.1 Å². The maximum Gasteiger partial charge on any atom is 0.311 e. The highest BCUT2D eigenvalue weighted by Gasteiger charge is 2.15. The number of hydrogen-bond acceptors (Lipinski definition) is 5. The number of nitro benzene ring substituents is 1. The lowest BCUT2D eigenvalue weighted by molar-refractivity contribution is -0.385. The van der Waals surface area contributed by atoms with E-state index in [2.05, 4.69) is 0 Å². The largest absolute Gasteiger partial charge is 0.487 e. The first kappa shape index (κ1) is 15.3. The van der Waals surface area contributed by atoms with Crippen LogP contribution in [0.1, 0.15) is 12.8 Å². The average Bonchev–Trinajstić information content (AvgIpc) is 2.26. The molecular weight excluding hydrogens is 279 g/mol. The van der Waals surface area contributed by atoms with Crippen molar-refractivity contribution < 1.29 is 22.5 Å². The van der Waals surface area contributed by atoms with Crippen molar-refractivity contribution >= 4 is 15.7 Å². The fraction of sp³-hybridized carbons (Fsp3) is 0.400. The Bertz CT molecular complexity index is 561. The van der Waals surface area contributed by atoms with Gasteiger partial charge in [0.05, 0.1) is 17.3 Å². The summed E-state index contributed by atoms with van der Waals surface area (Å²) >= 11 is 0. The van der Waals surface area contributed by atoms with Crippen LogP contribution in [0.25, 0.3) is 0 Å². The summed E-state index contributed by atoms with van der Waals surface area (Å²) in [4.78, 5) is 9.98. The standard InChI is InChI=1S/C10H13FN2O5S/c11-8-3-4-9(13(14)15)10(7-8)18-5-1-2-6-19(12,16)17/h3-4,7H,1-2,5-6H2,(H2,12,16,17). The molecule has 2 N–H and O–H groups in total. The van der Waals surface area contributed by atoms with E-state index < -0.39 is 20.8 Å². The van der Waals surface area contributed by atoms with Crippen LogP contribution in [0, 0.1) is 15.9 Å². The molecule has 0 saturated heterocycles. The van der Waals surface area contributed by atoms with Crippen LogP contribution in [0.5, 0.6) is 5.75 Å². The summed E-state index contributed by atoms with van der Waals surface area (Å²) in [6.45, 7) is 0.0415. The molecule has 0 aliphatic carbocycles. The zero-order valence-electron chi connectivity index (χ0n) is 9.91. The zero-order valence-corrected chi connectivity index (χ0v) is 10.7. The first-order valence-corrected chi connectivity index (χ1v) is 7.08. The van der Waals surface area contributed by atoms with E-state index in [1.807, 2.05) is 0 Å². The zero-order chi connectivity index (χ0) is 14.5. The summed E-state index contributed by atoms with van der Waals surface area (Å²) in [6, 6.07) is 2.89. The fourth-order valence-electron chi connectivity index (χ4n) is 1.34. The molecule has 7 nitrogen and oxygen atoms in total. The van der Waals surface area contributed by atoms with Gasteiger partial charge in [-0.3, -0.25) is 10.1 Å². The maximum atomic E-state index is 12.9. The SMILES string of the molecule is NS(=O)(=O)CCCCOc1cc(F)ccc1[N+](=O)[O-]. The van der Waals surface area contributed by atoms with Crippen LogP contribution in [0.3, 0.4) is 0 Å². The van der Waals surface area contributed by atoms with Crippen molar-refractivity contribution in [2.45, 2.75) is 12.8 Å². The van der Waals surface area contributed by atoms with Crippen molar-refractivity contribution in [2.24, 2.45) is 5.14 Å². The second kappa shape index (κ2) is 6.43. The lowest BCUT2D eigenvalue weighted by Gasteiger charge is -2.06. The van der Waals surface area contributed by atoms with Gasteiger partial charge in [0.15, 0.2) is 5.75 Å². The Labute approximate surface area is 109 Å². The molecule has 0 unspecified atom stereocenters. The van der Waals surface area contributed by atoms with Crippen molar-refractivity contribution in [3.63, 3.8) is 0 Å². The molecular formula is C10H13FN2O5S. The lowest BCUT2D eigenvalue weighted by Crippen LogP contribution is -2.16. The van der Waals surface area contributed by atoms with E-state index in [4.69, 9.17) is 9.88 Å². The van der Waals surface area contributed by atoms with Gasteiger partial charge in [-0.2, -0.15) is 0 Å². The summed E-state index contributed by atoms with van der Waals surface area (Å²) in [7, 11) is -3.52.